The molecule has 0 aromatic heterocycles. The van der Waals surface area contributed by atoms with E-state index >= 15 is 0 Å². The van der Waals surface area contributed by atoms with E-state index in [4.69, 9.17) is 9.47 Å². The second-order valence-corrected chi connectivity index (χ2v) is 7.29. The Hall–Kier alpha value is -2.33. The second kappa shape index (κ2) is 8.13. The van der Waals surface area contributed by atoms with Gasteiger partial charge in [-0.25, -0.2) is 0 Å². The van der Waals surface area contributed by atoms with Gasteiger partial charge in [0.2, 0.25) is 0 Å². The van der Waals surface area contributed by atoms with Crippen LogP contribution < -0.4 is 9.47 Å². The van der Waals surface area contributed by atoms with Gasteiger partial charge in [0.25, 0.3) is 0 Å². The minimum atomic E-state index is 0.0611. The van der Waals surface area contributed by atoms with Crippen molar-refractivity contribution in [3.05, 3.63) is 47.5 Å². The van der Waals surface area contributed by atoms with Crippen LogP contribution >= 0.6 is 0 Å². The van der Waals surface area contributed by atoms with Crippen LogP contribution in [0, 0.1) is 0 Å². The predicted molar refractivity (Wildman–Crippen MR) is 107 cm³/mol. The van der Waals surface area contributed by atoms with Crippen LogP contribution in [-0.2, 0) is 0 Å². The van der Waals surface area contributed by atoms with Gasteiger partial charge in [-0.15, -0.1) is 0 Å². The highest BCUT2D eigenvalue weighted by Gasteiger charge is 2.32. The summed E-state index contributed by atoms with van der Waals surface area (Å²) < 4.78 is 12.2. The molecule has 27 heavy (non-hydrogen) atoms. The van der Waals surface area contributed by atoms with Gasteiger partial charge in [0, 0.05) is 28.8 Å². The maximum atomic E-state index is 12.9. The zero-order chi connectivity index (χ0) is 18.6. The molecule has 1 heterocycles. The monoisotopic (exact) mass is 365 g/mol. The first-order valence-corrected chi connectivity index (χ1v) is 10.1. The topological polar surface area (TPSA) is 38.8 Å². The van der Waals surface area contributed by atoms with Gasteiger partial charge < -0.3 is 9.47 Å². The van der Waals surface area contributed by atoms with Crippen molar-refractivity contribution in [1.82, 2.24) is 4.90 Å². The molecule has 1 aliphatic carbocycles. The molecule has 4 heteroatoms. The summed E-state index contributed by atoms with van der Waals surface area (Å²) in [7, 11) is 0. The molecular formula is C23H27NO3. The Morgan fingerprint density at radius 1 is 0.889 bits per heavy atom. The Balaban J connectivity index is 1.61. The lowest BCUT2D eigenvalue weighted by atomic mass is 10.0. The lowest BCUT2D eigenvalue weighted by molar-refractivity contribution is 0.104. The summed E-state index contributed by atoms with van der Waals surface area (Å²) in [6, 6.07) is 11.5. The van der Waals surface area contributed by atoms with Crippen molar-refractivity contribution in [3.63, 3.8) is 0 Å². The van der Waals surface area contributed by atoms with Gasteiger partial charge in [-0.1, -0.05) is 37.6 Å². The summed E-state index contributed by atoms with van der Waals surface area (Å²) in [6.45, 7) is 6.69. The molecule has 2 aromatic carbocycles. The maximum absolute atomic E-state index is 12.9. The summed E-state index contributed by atoms with van der Waals surface area (Å²) in [5.74, 6) is 1.62. The number of benzene rings is 2. The Morgan fingerprint density at radius 2 is 1.48 bits per heavy atom. The van der Waals surface area contributed by atoms with Crippen molar-refractivity contribution < 1.29 is 14.3 Å². The number of hydrogen-bond acceptors (Lipinski definition) is 4. The van der Waals surface area contributed by atoms with E-state index in [1.165, 1.54) is 12.8 Å². The molecule has 0 saturated carbocycles. The fraction of sp³-hybridized carbons (Fsp3) is 0.435. The highest BCUT2D eigenvalue weighted by Crippen LogP contribution is 2.47. The summed E-state index contributed by atoms with van der Waals surface area (Å²) in [5.41, 5.74) is 3.22. The molecule has 2 aliphatic rings. The van der Waals surface area contributed by atoms with Crippen molar-refractivity contribution in [3.8, 4) is 22.6 Å². The molecule has 0 radical (unpaired) electrons. The molecule has 2 aromatic rings. The van der Waals surface area contributed by atoms with Crippen LogP contribution in [0.1, 0.15) is 48.5 Å². The molecule has 1 saturated heterocycles. The van der Waals surface area contributed by atoms with E-state index in [9.17, 15) is 4.79 Å². The van der Waals surface area contributed by atoms with Crippen molar-refractivity contribution >= 4 is 5.78 Å². The van der Waals surface area contributed by atoms with Gasteiger partial charge >= 0.3 is 0 Å². The first-order chi connectivity index (χ1) is 13.3. The van der Waals surface area contributed by atoms with Crippen molar-refractivity contribution in [2.24, 2.45) is 0 Å². The van der Waals surface area contributed by atoms with Crippen LogP contribution in [0.5, 0.6) is 11.5 Å². The van der Waals surface area contributed by atoms with Crippen molar-refractivity contribution in [2.45, 2.75) is 32.6 Å². The molecular weight excluding hydrogens is 338 g/mol. The molecule has 1 fully saturated rings. The highest BCUT2D eigenvalue weighted by atomic mass is 16.5. The average molecular weight is 365 g/mol. The Morgan fingerprint density at radius 3 is 2.07 bits per heavy atom. The van der Waals surface area contributed by atoms with E-state index in [1.54, 1.807) is 0 Å². The Bertz CT molecular complexity index is 824. The minimum Gasteiger partial charge on any atom is -0.493 e. The first-order valence-electron chi connectivity index (χ1n) is 10.1. The molecule has 4 rings (SSSR count). The number of hydrogen-bond donors (Lipinski definition) is 0. The average Bonchev–Trinajstić information content (AvgIpc) is 3.30. The van der Waals surface area contributed by atoms with Gasteiger partial charge in [0.05, 0.1) is 6.61 Å². The lowest BCUT2D eigenvalue weighted by Crippen LogP contribution is -2.25. The molecule has 1 aliphatic heterocycles. The fourth-order valence-corrected chi connectivity index (χ4v) is 3.96. The van der Waals surface area contributed by atoms with Crippen molar-refractivity contribution in [2.75, 3.05) is 32.8 Å². The third-order valence-corrected chi connectivity index (χ3v) is 5.41. The first kappa shape index (κ1) is 18.1. The number of likely N-dealkylation sites (tertiary alicyclic amines) is 1. The van der Waals surface area contributed by atoms with Crippen LogP contribution in [0.3, 0.4) is 0 Å². The smallest absolute Gasteiger partial charge is 0.194 e. The molecule has 0 amide bonds. The van der Waals surface area contributed by atoms with Gasteiger partial charge in [-0.3, -0.25) is 9.69 Å². The predicted octanol–water partition coefficient (Wildman–Crippen LogP) is 4.55. The van der Waals surface area contributed by atoms with E-state index in [0.29, 0.717) is 13.2 Å². The largest absolute Gasteiger partial charge is 0.493 e. The number of fused-ring (bicyclic) bond motifs is 3. The van der Waals surface area contributed by atoms with E-state index in [-0.39, 0.29) is 5.78 Å². The molecule has 142 valence electrons. The number of ether oxygens (including phenoxy) is 2. The third-order valence-electron chi connectivity index (χ3n) is 5.41. The van der Waals surface area contributed by atoms with E-state index in [2.05, 4.69) is 11.8 Å². The summed E-state index contributed by atoms with van der Waals surface area (Å²) in [4.78, 5) is 15.3. The maximum Gasteiger partial charge on any atom is 0.194 e. The van der Waals surface area contributed by atoms with E-state index in [0.717, 1.165) is 66.2 Å². The number of carbonyl (C=O) groups is 1. The molecule has 0 bridgehead atoms. The number of rotatable bonds is 8. The molecule has 0 unspecified atom stereocenters. The third kappa shape index (κ3) is 3.59. The van der Waals surface area contributed by atoms with Gasteiger partial charge in [0.15, 0.2) is 5.78 Å². The Kier molecular flexibility index (Phi) is 5.44. The van der Waals surface area contributed by atoms with E-state index in [1.807, 2.05) is 36.4 Å². The van der Waals surface area contributed by atoms with Gasteiger partial charge in [0.1, 0.15) is 18.1 Å². The van der Waals surface area contributed by atoms with E-state index < -0.39 is 0 Å². The quantitative estimate of drug-likeness (QED) is 0.549. The van der Waals surface area contributed by atoms with Gasteiger partial charge in [-0.2, -0.15) is 0 Å². The summed E-state index contributed by atoms with van der Waals surface area (Å²) >= 11 is 0. The standard InChI is InChI=1S/C23H27NO3/c1-2-3-15-26-19-10-6-8-17-21(19)22-18(23(17)25)9-7-11-20(22)27-16-14-24-12-4-5-13-24/h6-11H,2-5,12-16H2,1H3. The normalized spacial score (nSPS) is 15.7. The summed E-state index contributed by atoms with van der Waals surface area (Å²) in [5, 5.41) is 0. The summed E-state index contributed by atoms with van der Waals surface area (Å²) in [6.07, 6.45) is 4.63. The SMILES string of the molecule is CCCCOc1cccc2c1-c1c(OCCN3CCCC3)cccc1C2=O. The number of nitrogens with zero attached hydrogens (tertiary/aromatic N) is 1. The van der Waals surface area contributed by atoms with Crippen LogP contribution in [0.2, 0.25) is 0 Å². The molecule has 0 spiro atoms. The van der Waals surface area contributed by atoms with Crippen LogP contribution in [-0.4, -0.2) is 43.5 Å². The number of unbranched alkanes of at least 4 members (excludes halogenated alkanes) is 1. The zero-order valence-electron chi connectivity index (χ0n) is 16.0. The molecule has 4 nitrogen and oxygen atoms in total. The van der Waals surface area contributed by atoms with Crippen LogP contribution in [0.4, 0.5) is 0 Å². The van der Waals surface area contributed by atoms with Crippen LogP contribution in [0.15, 0.2) is 36.4 Å². The highest BCUT2D eigenvalue weighted by molar-refractivity contribution is 6.23. The number of ketones is 1. The van der Waals surface area contributed by atoms with Crippen molar-refractivity contribution in [1.29, 1.82) is 0 Å². The zero-order valence-corrected chi connectivity index (χ0v) is 16.0. The molecule has 0 atom stereocenters. The molecule has 0 N–H and O–H groups in total. The fourth-order valence-electron chi connectivity index (χ4n) is 3.96. The second-order valence-electron chi connectivity index (χ2n) is 7.29. The van der Waals surface area contributed by atoms with Crippen LogP contribution in [0.25, 0.3) is 11.1 Å². The number of carbonyl (C=O) groups excluding carboxylic acids is 1. The van der Waals surface area contributed by atoms with Gasteiger partial charge in [-0.05, 0) is 44.5 Å². The Labute approximate surface area is 161 Å². The minimum absolute atomic E-state index is 0.0611. The lowest BCUT2D eigenvalue weighted by Gasteiger charge is -2.17.